The molecule has 0 amide bonds. The number of hydrogen-bond acceptors (Lipinski definition) is 4. The van der Waals surface area contributed by atoms with Crippen molar-refractivity contribution in [3.63, 3.8) is 0 Å². The Morgan fingerprint density at radius 3 is 2.75 bits per heavy atom. The molecule has 2 rings (SSSR count). The van der Waals surface area contributed by atoms with Gasteiger partial charge >= 0.3 is 0 Å². The van der Waals surface area contributed by atoms with Crippen molar-refractivity contribution in [1.82, 2.24) is 4.72 Å². The molecule has 1 aromatic carbocycles. The minimum Gasteiger partial charge on any atom is -0.396 e. The lowest BCUT2D eigenvalue weighted by Crippen LogP contribution is -2.50. The van der Waals surface area contributed by atoms with E-state index < -0.39 is 21.4 Å². The van der Waals surface area contributed by atoms with Gasteiger partial charge in [-0.15, -0.1) is 0 Å². The molecule has 20 heavy (non-hydrogen) atoms. The minimum atomic E-state index is -3.83. The van der Waals surface area contributed by atoms with Crippen molar-refractivity contribution in [1.29, 1.82) is 0 Å². The molecule has 1 aliphatic rings. The highest BCUT2D eigenvalue weighted by Gasteiger charge is 2.41. The quantitative estimate of drug-likeness (QED) is 0.801. The van der Waals surface area contributed by atoms with Gasteiger partial charge in [-0.3, -0.25) is 0 Å². The van der Waals surface area contributed by atoms with E-state index in [1.54, 1.807) is 6.92 Å². The molecule has 1 fully saturated rings. The standard InChI is InChI=1S/C12H16BrFN2O3S/c1-7-12(2,3-4-19-7)16-20(17,18)11-6-10(15)9(14)5-8(11)13/h5-7,16H,3-4,15H2,1-2H3. The maximum Gasteiger partial charge on any atom is 0.242 e. The molecule has 0 aliphatic carbocycles. The average Bonchev–Trinajstić information content (AvgIpc) is 2.63. The lowest BCUT2D eigenvalue weighted by molar-refractivity contribution is 0.0957. The molecule has 1 heterocycles. The molecule has 0 saturated carbocycles. The second kappa shape index (κ2) is 5.25. The molecule has 2 atom stereocenters. The molecule has 5 nitrogen and oxygen atoms in total. The molecule has 1 aromatic rings. The number of nitrogens with two attached hydrogens (primary N) is 1. The molecular formula is C12H16BrFN2O3S. The predicted molar refractivity (Wildman–Crippen MR) is 77.3 cm³/mol. The molecule has 0 spiro atoms. The average molecular weight is 367 g/mol. The third-order valence-electron chi connectivity index (χ3n) is 3.59. The first-order valence-corrected chi connectivity index (χ1v) is 8.33. The van der Waals surface area contributed by atoms with Crippen LogP contribution < -0.4 is 10.5 Å². The van der Waals surface area contributed by atoms with Crippen LogP contribution in [0.2, 0.25) is 0 Å². The Hall–Kier alpha value is -0.700. The summed E-state index contributed by atoms with van der Waals surface area (Å²) in [5.41, 5.74) is 4.54. The Kier molecular flexibility index (Phi) is 4.12. The van der Waals surface area contributed by atoms with Crippen molar-refractivity contribution in [2.75, 3.05) is 12.3 Å². The fourth-order valence-electron chi connectivity index (χ4n) is 2.08. The lowest BCUT2D eigenvalue weighted by Gasteiger charge is -2.28. The Morgan fingerprint density at radius 2 is 2.20 bits per heavy atom. The van der Waals surface area contributed by atoms with Gasteiger partial charge in [0.25, 0.3) is 0 Å². The number of nitrogens with one attached hydrogen (secondary N) is 1. The third-order valence-corrected chi connectivity index (χ3v) is 6.17. The molecular weight excluding hydrogens is 351 g/mol. The van der Waals surface area contributed by atoms with Crippen molar-refractivity contribution < 1.29 is 17.5 Å². The van der Waals surface area contributed by atoms with Gasteiger partial charge in [-0.2, -0.15) is 0 Å². The number of hydrogen-bond donors (Lipinski definition) is 2. The Morgan fingerprint density at radius 1 is 1.55 bits per heavy atom. The summed E-state index contributed by atoms with van der Waals surface area (Å²) in [4.78, 5) is -0.0864. The highest BCUT2D eigenvalue weighted by molar-refractivity contribution is 9.10. The summed E-state index contributed by atoms with van der Waals surface area (Å²) in [6, 6.07) is 2.15. The zero-order valence-electron chi connectivity index (χ0n) is 11.1. The summed E-state index contributed by atoms with van der Waals surface area (Å²) in [7, 11) is -3.83. The van der Waals surface area contributed by atoms with Gasteiger partial charge in [-0.25, -0.2) is 17.5 Å². The number of halogens is 2. The van der Waals surface area contributed by atoms with Crippen molar-refractivity contribution in [2.45, 2.75) is 36.8 Å². The van der Waals surface area contributed by atoms with Crippen LogP contribution in [0.25, 0.3) is 0 Å². The molecule has 2 unspecified atom stereocenters. The predicted octanol–water partition coefficient (Wildman–Crippen LogP) is 2.02. The Balaban J connectivity index is 2.39. The summed E-state index contributed by atoms with van der Waals surface area (Å²) in [5, 5.41) is 0. The van der Waals surface area contributed by atoms with Crippen LogP contribution >= 0.6 is 15.9 Å². The maximum atomic E-state index is 13.3. The number of anilines is 1. The molecule has 1 saturated heterocycles. The van der Waals surface area contributed by atoms with E-state index in [0.29, 0.717) is 13.0 Å². The van der Waals surface area contributed by atoms with E-state index in [2.05, 4.69) is 20.7 Å². The highest BCUT2D eigenvalue weighted by Crippen LogP contribution is 2.31. The zero-order valence-corrected chi connectivity index (χ0v) is 13.5. The smallest absolute Gasteiger partial charge is 0.242 e. The number of nitrogen functional groups attached to an aromatic ring is 1. The van der Waals surface area contributed by atoms with E-state index in [1.165, 1.54) is 0 Å². The second-order valence-electron chi connectivity index (χ2n) is 5.09. The maximum absolute atomic E-state index is 13.3. The summed E-state index contributed by atoms with van der Waals surface area (Å²) in [6.45, 7) is 4.08. The van der Waals surface area contributed by atoms with E-state index in [1.807, 2.05) is 6.92 Å². The Bertz CT molecular complexity index is 638. The second-order valence-corrected chi connectivity index (χ2v) is 7.60. The van der Waals surface area contributed by atoms with Crippen LogP contribution in [0.15, 0.2) is 21.5 Å². The van der Waals surface area contributed by atoms with Crippen molar-refractivity contribution in [2.24, 2.45) is 0 Å². The topological polar surface area (TPSA) is 81.4 Å². The molecule has 3 N–H and O–H groups in total. The fourth-order valence-corrected chi connectivity index (χ4v) is 4.63. The monoisotopic (exact) mass is 366 g/mol. The van der Waals surface area contributed by atoms with E-state index in [4.69, 9.17) is 10.5 Å². The first-order chi connectivity index (χ1) is 9.16. The number of sulfonamides is 1. The van der Waals surface area contributed by atoms with Gasteiger partial charge in [0.2, 0.25) is 10.0 Å². The van der Waals surface area contributed by atoms with Crippen molar-refractivity contribution in [3.05, 3.63) is 22.4 Å². The summed E-state index contributed by atoms with van der Waals surface area (Å²) >= 11 is 3.05. The number of rotatable bonds is 3. The highest BCUT2D eigenvalue weighted by atomic mass is 79.9. The van der Waals surface area contributed by atoms with Crippen LogP contribution in [-0.4, -0.2) is 26.7 Å². The van der Waals surface area contributed by atoms with E-state index >= 15 is 0 Å². The van der Waals surface area contributed by atoms with E-state index in [-0.39, 0.29) is 21.2 Å². The van der Waals surface area contributed by atoms with Crippen molar-refractivity contribution >= 4 is 31.6 Å². The first-order valence-electron chi connectivity index (χ1n) is 6.06. The molecule has 1 aliphatic heterocycles. The van der Waals surface area contributed by atoms with Gasteiger partial charge in [0, 0.05) is 11.1 Å². The number of ether oxygens (including phenoxy) is 1. The van der Waals surface area contributed by atoms with Crippen LogP contribution in [-0.2, 0) is 14.8 Å². The van der Waals surface area contributed by atoms with Crippen molar-refractivity contribution in [3.8, 4) is 0 Å². The SMILES string of the molecule is CC1OCCC1(C)NS(=O)(=O)c1cc(N)c(F)cc1Br. The molecule has 0 bridgehead atoms. The molecule has 8 heteroatoms. The molecule has 0 aromatic heterocycles. The zero-order chi connectivity index (χ0) is 15.1. The van der Waals surface area contributed by atoms with Crippen LogP contribution in [0.5, 0.6) is 0 Å². The van der Waals surface area contributed by atoms with Gasteiger partial charge in [0.05, 0.1) is 22.2 Å². The molecule has 112 valence electrons. The van der Waals surface area contributed by atoms with Crippen LogP contribution in [0.3, 0.4) is 0 Å². The van der Waals surface area contributed by atoms with Crippen LogP contribution in [0.1, 0.15) is 20.3 Å². The lowest BCUT2D eigenvalue weighted by atomic mass is 9.97. The van der Waals surface area contributed by atoms with Gasteiger partial charge in [0.1, 0.15) is 5.82 Å². The van der Waals surface area contributed by atoms with Gasteiger partial charge in [-0.05, 0) is 48.3 Å². The summed E-state index contributed by atoms with van der Waals surface area (Å²) in [5.74, 6) is -0.667. The minimum absolute atomic E-state index is 0.0864. The van der Waals surface area contributed by atoms with Gasteiger partial charge in [0.15, 0.2) is 0 Å². The summed E-state index contributed by atoms with van der Waals surface area (Å²) in [6.07, 6.45) is 0.329. The van der Waals surface area contributed by atoms with Crippen LogP contribution in [0.4, 0.5) is 10.1 Å². The molecule has 0 radical (unpaired) electrons. The normalized spacial score (nSPS) is 26.9. The Labute approximate surface area is 125 Å². The van der Waals surface area contributed by atoms with Gasteiger partial charge < -0.3 is 10.5 Å². The van der Waals surface area contributed by atoms with E-state index in [9.17, 15) is 12.8 Å². The largest absolute Gasteiger partial charge is 0.396 e. The van der Waals surface area contributed by atoms with Gasteiger partial charge in [-0.1, -0.05) is 0 Å². The first kappa shape index (κ1) is 15.7. The number of benzene rings is 1. The fraction of sp³-hybridized carbons (Fsp3) is 0.500. The van der Waals surface area contributed by atoms with Crippen LogP contribution in [0, 0.1) is 5.82 Å². The third kappa shape index (κ3) is 2.83. The van der Waals surface area contributed by atoms with E-state index in [0.717, 1.165) is 12.1 Å². The summed E-state index contributed by atoms with van der Waals surface area (Å²) < 4.78 is 46.4.